The van der Waals surface area contributed by atoms with Crippen molar-refractivity contribution in [3.8, 4) is 0 Å². The van der Waals surface area contributed by atoms with Crippen LogP contribution in [0.5, 0.6) is 0 Å². The molecule has 1 aliphatic rings. The summed E-state index contributed by atoms with van der Waals surface area (Å²) in [6.45, 7) is 6.02. The summed E-state index contributed by atoms with van der Waals surface area (Å²) in [7, 11) is 0. The molecule has 0 bridgehead atoms. The zero-order valence-corrected chi connectivity index (χ0v) is 8.69. The highest BCUT2D eigenvalue weighted by molar-refractivity contribution is 5.24. The van der Waals surface area contributed by atoms with Gasteiger partial charge in [0.15, 0.2) is 11.5 Å². The van der Waals surface area contributed by atoms with Crippen molar-refractivity contribution >= 4 is 0 Å². The first-order chi connectivity index (χ1) is 6.63. The predicted octanol–water partition coefficient (Wildman–Crippen LogP) is 2.57. The standard InChI is InChI=1S/C10H15NO3/c1-7(2)4-9-10(14-6-13-9)5-8(3)11-12/h4-5,7-8H,6H2,1-3H3/b9-4+,10-5+. The van der Waals surface area contributed by atoms with E-state index in [-0.39, 0.29) is 12.8 Å². The Labute approximate surface area is 83.6 Å². The first-order valence-electron chi connectivity index (χ1n) is 4.65. The van der Waals surface area contributed by atoms with Crippen molar-refractivity contribution in [1.29, 1.82) is 0 Å². The van der Waals surface area contributed by atoms with Gasteiger partial charge in [-0.2, -0.15) is 4.91 Å². The molecule has 0 aromatic carbocycles. The lowest BCUT2D eigenvalue weighted by Crippen LogP contribution is -1.95. The van der Waals surface area contributed by atoms with E-state index in [0.29, 0.717) is 17.4 Å². The maximum atomic E-state index is 10.2. The number of ether oxygens (including phenoxy) is 2. The number of rotatable bonds is 3. The molecule has 0 aromatic heterocycles. The fraction of sp³-hybridized carbons (Fsp3) is 0.600. The van der Waals surface area contributed by atoms with Gasteiger partial charge in [-0.3, -0.25) is 0 Å². The summed E-state index contributed by atoms with van der Waals surface area (Å²) in [5.41, 5.74) is 0. The Bertz CT molecular complexity index is 269. The summed E-state index contributed by atoms with van der Waals surface area (Å²) < 4.78 is 10.5. The molecule has 0 N–H and O–H groups in total. The van der Waals surface area contributed by atoms with Crippen molar-refractivity contribution in [2.45, 2.75) is 26.8 Å². The summed E-state index contributed by atoms with van der Waals surface area (Å²) in [4.78, 5) is 10.2. The topological polar surface area (TPSA) is 47.9 Å². The second-order valence-corrected chi connectivity index (χ2v) is 3.56. The molecule has 1 heterocycles. The van der Waals surface area contributed by atoms with Crippen molar-refractivity contribution < 1.29 is 9.47 Å². The average molecular weight is 197 g/mol. The van der Waals surface area contributed by atoms with E-state index >= 15 is 0 Å². The number of hydrogen-bond donors (Lipinski definition) is 0. The first-order valence-corrected chi connectivity index (χ1v) is 4.65. The van der Waals surface area contributed by atoms with Gasteiger partial charge >= 0.3 is 0 Å². The highest BCUT2D eigenvalue weighted by Gasteiger charge is 2.17. The maximum Gasteiger partial charge on any atom is 0.231 e. The summed E-state index contributed by atoms with van der Waals surface area (Å²) in [5, 5.41) is 2.88. The molecule has 14 heavy (non-hydrogen) atoms. The molecule has 1 unspecified atom stereocenters. The largest absolute Gasteiger partial charge is 0.454 e. The van der Waals surface area contributed by atoms with E-state index in [1.807, 2.05) is 19.9 Å². The van der Waals surface area contributed by atoms with Gasteiger partial charge in [-0.1, -0.05) is 19.0 Å². The Morgan fingerprint density at radius 3 is 2.29 bits per heavy atom. The molecule has 0 amide bonds. The van der Waals surface area contributed by atoms with Crippen LogP contribution in [0.2, 0.25) is 0 Å². The molecular formula is C10H15NO3. The van der Waals surface area contributed by atoms with Gasteiger partial charge in [0.1, 0.15) is 6.04 Å². The molecule has 0 aliphatic carbocycles. The minimum absolute atomic E-state index is 0.218. The van der Waals surface area contributed by atoms with E-state index in [0.717, 1.165) is 0 Å². The molecular weight excluding hydrogens is 182 g/mol. The monoisotopic (exact) mass is 197 g/mol. The second-order valence-electron chi connectivity index (χ2n) is 3.56. The van der Waals surface area contributed by atoms with Crippen LogP contribution in [-0.2, 0) is 9.47 Å². The Balaban J connectivity index is 2.78. The maximum absolute atomic E-state index is 10.2. The van der Waals surface area contributed by atoms with Crippen LogP contribution >= 0.6 is 0 Å². The van der Waals surface area contributed by atoms with E-state index in [2.05, 4.69) is 5.18 Å². The van der Waals surface area contributed by atoms with Crippen LogP contribution in [0.3, 0.4) is 0 Å². The minimum atomic E-state index is -0.387. The van der Waals surface area contributed by atoms with Gasteiger partial charge in [0, 0.05) is 0 Å². The molecule has 4 nitrogen and oxygen atoms in total. The van der Waals surface area contributed by atoms with E-state index in [9.17, 15) is 4.91 Å². The van der Waals surface area contributed by atoms with E-state index in [1.165, 1.54) is 0 Å². The highest BCUT2D eigenvalue weighted by Crippen LogP contribution is 2.23. The Hall–Kier alpha value is -1.32. The first kappa shape index (κ1) is 10.8. The third-order valence-electron chi connectivity index (χ3n) is 1.72. The smallest absolute Gasteiger partial charge is 0.231 e. The summed E-state index contributed by atoms with van der Waals surface area (Å²) in [5.74, 6) is 1.70. The number of nitrogens with zero attached hydrogens (tertiary/aromatic N) is 1. The summed E-state index contributed by atoms with van der Waals surface area (Å²) in [6, 6.07) is -0.387. The van der Waals surface area contributed by atoms with Gasteiger partial charge in [-0.25, -0.2) is 0 Å². The van der Waals surface area contributed by atoms with Crippen LogP contribution in [0.25, 0.3) is 0 Å². The Kier molecular flexibility index (Phi) is 3.68. The Morgan fingerprint density at radius 1 is 1.21 bits per heavy atom. The van der Waals surface area contributed by atoms with E-state index < -0.39 is 0 Å². The number of hydrogen-bond acceptors (Lipinski definition) is 4. The molecule has 4 heteroatoms. The zero-order chi connectivity index (χ0) is 10.6. The zero-order valence-electron chi connectivity index (χ0n) is 8.69. The molecule has 78 valence electrons. The van der Waals surface area contributed by atoms with Crippen LogP contribution in [0, 0.1) is 10.8 Å². The van der Waals surface area contributed by atoms with Crippen molar-refractivity contribution in [3.63, 3.8) is 0 Å². The third kappa shape index (κ3) is 2.87. The quantitative estimate of drug-likeness (QED) is 0.653. The molecule has 1 saturated heterocycles. The Morgan fingerprint density at radius 2 is 1.79 bits per heavy atom. The van der Waals surface area contributed by atoms with Gasteiger partial charge in [0.25, 0.3) is 0 Å². The van der Waals surface area contributed by atoms with Crippen molar-refractivity contribution in [3.05, 3.63) is 28.6 Å². The summed E-state index contributed by atoms with van der Waals surface area (Å²) in [6.07, 6.45) is 3.62. The minimum Gasteiger partial charge on any atom is -0.454 e. The van der Waals surface area contributed by atoms with Crippen LogP contribution in [0.1, 0.15) is 20.8 Å². The predicted molar refractivity (Wildman–Crippen MR) is 53.3 cm³/mol. The van der Waals surface area contributed by atoms with Crippen molar-refractivity contribution in [2.24, 2.45) is 11.1 Å². The molecule has 1 atom stereocenters. The van der Waals surface area contributed by atoms with Gasteiger partial charge in [-0.05, 0) is 25.0 Å². The third-order valence-corrected chi connectivity index (χ3v) is 1.72. The number of allylic oxidation sites excluding steroid dienone is 1. The molecule has 0 spiro atoms. The van der Waals surface area contributed by atoms with Gasteiger partial charge in [-0.15, -0.1) is 0 Å². The van der Waals surface area contributed by atoms with Gasteiger partial charge < -0.3 is 9.47 Å². The molecule has 0 radical (unpaired) electrons. The van der Waals surface area contributed by atoms with Crippen LogP contribution in [-0.4, -0.2) is 12.8 Å². The van der Waals surface area contributed by atoms with E-state index in [4.69, 9.17) is 9.47 Å². The van der Waals surface area contributed by atoms with Crippen LogP contribution in [0.15, 0.2) is 28.8 Å². The molecule has 1 fully saturated rings. The SMILES string of the molecule is CC(C)/C=C1/OCO/C1=C/C(C)N=O. The fourth-order valence-corrected chi connectivity index (χ4v) is 1.11. The fourth-order valence-electron chi connectivity index (χ4n) is 1.11. The highest BCUT2D eigenvalue weighted by atomic mass is 16.7. The lowest BCUT2D eigenvalue weighted by Gasteiger charge is -2.00. The summed E-state index contributed by atoms with van der Waals surface area (Å²) >= 11 is 0. The van der Waals surface area contributed by atoms with Crippen molar-refractivity contribution in [2.75, 3.05) is 6.79 Å². The van der Waals surface area contributed by atoms with Crippen LogP contribution in [0.4, 0.5) is 0 Å². The molecule has 0 saturated carbocycles. The normalized spacial score (nSPS) is 23.7. The molecule has 0 aromatic rings. The second kappa shape index (κ2) is 4.79. The van der Waals surface area contributed by atoms with Gasteiger partial charge in [0.05, 0.1) is 0 Å². The lowest BCUT2D eigenvalue weighted by atomic mass is 10.1. The number of nitroso groups, excluding NO2 is 1. The van der Waals surface area contributed by atoms with Crippen LogP contribution < -0.4 is 0 Å². The van der Waals surface area contributed by atoms with E-state index in [1.54, 1.807) is 13.0 Å². The van der Waals surface area contributed by atoms with Gasteiger partial charge in [0.2, 0.25) is 6.79 Å². The van der Waals surface area contributed by atoms with Crippen molar-refractivity contribution in [1.82, 2.24) is 0 Å². The molecule has 1 rings (SSSR count). The molecule has 1 aliphatic heterocycles. The lowest BCUT2D eigenvalue weighted by molar-refractivity contribution is 0.0970. The average Bonchev–Trinajstić information content (AvgIpc) is 2.52.